The molecule has 0 saturated carbocycles. The van der Waals surface area contributed by atoms with Crippen molar-refractivity contribution in [3.05, 3.63) is 23.9 Å². The molecule has 172 valence electrons. The SMILES string of the molecule is COc1cc(-c2cc(C(=O)N3CC(N4CCC(C(N)=O)CC4)C3)[nH]n2)cc(OC)c1OC. The number of aromatic nitrogens is 2. The van der Waals surface area contributed by atoms with Gasteiger partial charge in [-0.1, -0.05) is 0 Å². The zero-order valence-electron chi connectivity index (χ0n) is 18.6. The van der Waals surface area contributed by atoms with E-state index < -0.39 is 0 Å². The minimum Gasteiger partial charge on any atom is -0.493 e. The third kappa shape index (κ3) is 4.10. The summed E-state index contributed by atoms with van der Waals surface area (Å²) < 4.78 is 16.2. The summed E-state index contributed by atoms with van der Waals surface area (Å²) >= 11 is 0. The zero-order valence-corrected chi connectivity index (χ0v) is 18.6. The first-order valence-corrected chi connectivity index (χ1v) is 10.6. The second-order valence-corrected chi connectivity index (χ2v) is 8.16. The molecule has 10 heteroatoms. The molecule has 0 spiro atoms. The Labute approximate surface area is 186 Å². The fourth-order valence-electron chi connectivity index (χ4n) is 4.38. The van der Waals surface area contributed by atoms with Gasteiger partial charge in [-0.2, -0.15) is 5.10 Å². The molecule has 0 atom stereocenters. The van der Waals surface area contributed by atoms with Crippen molar-refractivity contribution in [2.45, 2.75) is 18.9 Å². The summed E-state index contributed by atoms with van der Waals surface area (Å²) in [6, 6.07) is 5.64. The number of primary amides is 1. The number of nitrogens with zero attached hydrogens (tertiary/aromatic N) is 3. The minimum absolute atomic E-state index is 0.0253. The molecule has 2 fully saturated rings. The van der Waals surface area contributed by atoms with E-state index in [1.54, 1.807) is 44.4 Å². The number of piperidine rings is 1. The number of carbonyl (C=O) groups excluding carboxylic acids is 2. The molecule has 0 unspecified atom stereocenters. The van der Waals surface area contributed by atoms with Crippen LogP contribution in [0.15, 0.2) is 18.2 Å². The van der Waals surface area contributed by atoms with Crippen LogP contribution in [0.25, 0.3) is 11.3 Å². The summed E-state index contributed by atoms with van der Waals surface area (Å²) in [5.41, 5.74) is 7.20. The van der Waals surface area contributed by atoms with Gasteiger partial charge in [0.05, 0.1) is 27.0 Å². The molecule has 10 nitrogen and oxygen atoms in total. The molecule has 0 bridgehead atoms. The number of H-pyrrole nitrogens is 1. The molecule has 32 heavy (non-hydrogen) atoms. The van der Waals surface area contributed by atoms with E-state index in [0.717, 1.165) is 31.5 Å². The highest BCUT2D eigenvalue weighted by Crippen LogP contribution is 2.41. The summed E-state index contributed by atoms with van der Waals surface area (Å²) in [4.78, 5) is 28.4. The van der Waals surface area contributed by atoms with Crippen LogP contribution < -0.4 is 19.9 Å². The normalized spacial score (nSPS) is 17.7. The van der Waals surface area contributed by atoms with Crippen molar-refractivity contribution < 1.29 is 23.8 Å². The predicted molar refractivity (Wildman–Crippen MR) is 117 cm³/mol. The average molecular weight is 444 g/mol. The van der Waals surface area contributed by atoms with Crippen molar-refractivity contribution in [2.24, 2.45) is 11.7 Å². The number of amides is 2. The first-order valence-electron chi connectivity index (χ1n) is 10.6. The van der Waals surface area contributed by atoms with Crippen molar-refractivity contribution in [3.8, 4) is 28.5 Å². The lowest BCUT2D eigenvalue weighted by Crippen LogP contribution is -2.62. The molecule has 2 aliphatic rings. The maximum Gasteiger partial charge on any atom is 0.271 e. The first-order chi connectivity index (χ1) is 15.4. The second-order valence-electron chi connectivity index (χ2n) is 8.16. The minimum atomic E-state index is -0.211. The molecule has 3 N–H and O–H groups in total. The van der Waals surface area contributed by atoms with Gasteiger partial charge in [-0.3, -0.25) is 19.6 Å². The third-order valence-corrected chi connectivity index (χ3v) is 6.37. The van der Waals surface area contributed by atoms with Gasteiger partial charge < -0.3 is 24.8 Å². The Morgan fingerprint density at radius 2 is 1.66 bits per heavy atom. The van der Waals surface area contributed by atoms with Crippen molar-refractivity contribution in [3.63, 3.8) is 0 Å². The smallest absolute Gasteiger partial charge is 0.271 e. The lowest BCUT2D eigenvalue weighted by Gasteiger charge is -2.47. The van der Waals surface area contributed by atoms with Gasteiger partial charge in [0.1, 0.15) is 5.69 Å². The van der Waals surface area contributed by atoms with E-state index in [9.17, 15) is 9.59 Å². The van der Waals surface area contributed by atoms with Crippen molar-refractivity contribution >= 4 is 11.8 Å². The van der Waals surface area contributed by atoms with Crippen LogP contribution in [0, 0.1) is 5.92 Å². The van der Waals surface area contributed by atoms with Crippen molar-refractivity contribution in [1.82, 2.24) is 20.0 Å². The molecule has 2 aromatic rings. The Kier molecular flexibility index (Phi) is 6.22. The van der Waals surface area contributed by atoms with E-state index in [1.165, 1.54) is 0 Å². The average Bonchev–Trinajstić information content (AvgIpc) is 3.27. The highest BCUT2D eigenvalue weighted by Gasteiger charge is 2.37. The summed E-state index contributed by atoms with van der Waals surface area (Å²) in [5, 5.41) is 7.16. The largest absolute Gasteiger partial charge is 0.493 e. The van der Waals surface area contributed by atoms with E-state index in [-0.39, 0.29) is 17.7 Å². The van der Waals surface area contributed by atoms with Crippen molar-refractivity contribution in [2.75, 3.05) is 47.5 Å². The number of nitrogens with two attached hydrogens (primary N) is 1. The number of hydrogen-bond donors (Lipinski definition) is 2. The van der Waals surface area contributed by atoms with Crippen LogP contribution in [-0.2, 0) is 4.79 Å². The Balaban J connectivity index is 1.40. The van der Waals surface area contributed by atoms with Crippen LogP contribution in [0.4, 0.5) is 0 Å². The van der Waals surface area contributed by atoms with Crippen LogP contribution >= 0.6 is 0 Å². The van der Waals surface area contributed by atoms with Gasteiger partial charge in [0.25, 0.3) is 5.91 Å². The number of nitrogens with one attached hydrogen (secondary N) is 1. The van der Waals surface area contributed by atoms with E-state index in [4.69, 9.17) is 19.9 Å². The second kappa shape index (κ2) is 9.07. The van der Waals surface area contributed by atoms with Gasteiger partial charge in [-0.25, -0.2) is 0 Å². The Morgan fingerprint density at radius 3 is 2.19 bits per heavy atom. The van der Waals surface area contributed by atoms with Crippen LogP contribution in [0.3, 0.4) is 0 Å². The van der Waals surface area contributed by atoms with E-state index >= 15 is 0 Å². The van der Waals surface area contributed by atoms with Gasteiger partial charge >= 0.3 is 0 Å². The number of methoxy groups -OCH3 is 3. The maximum absolute atomic E-state index is 12.9. The quantitative estimate of drug-likeness (QED) is 0.657. The first kappa shape index (κ1) is 21.9. The lowest BCUT2D eigenvalue weighted by molar-refractivity contribution is -0.123. The fourth-order valence-corrected chi connectivity index (χ4v) is 4.38. The molecule has 0 aliphatic carbocycles. The van der Waals surface area contributed by atoms with E-state index in [2.05, 4.69) is 15.1 Å². The van der Waals surface area contributed by atoms with E-state index in [0.29, 0.717) is 47.8 Å². The molecule has 2 saturated heterocycles. The number of carbonyl (C=O) groups is 2. The molecule has 2 amide bonds. The highest BCUT2D eigenvalue weighted by molar-refractivity contribution is 5.94. The Morgan fingerprint density at radius 1 is 1.03 bits per heavy atom. The molecular formula is C22H29N5O5. The number of likely N-dealkylation sites (tertiary alicyclic amines) is 2. The molecule has 1 aromatic heterocycles. The lowest BCUT2D eigenvalue weighted by atomic mass is 9.93. The number of aromatic amines is 1. The van der Waals surface area contributed by atoms with Crippen LogP contribution in [0.2, 0.25) is 0 Å². The van der Waals surface area contributed by atoms with Crippen molar-refractivity contribution in [1.29, 1.82) is 0 Å². The molecule has 2 aliphatic heterocycles. The molecular weight excluding hydrogens is 414 g/mol. The summed E-state index contributed by atoms with van der Waals surface area (Å²) in [6.45, 7) is 3.02. The van der Waals surface area contributed by atoms with Crippen LogP contribution in [0.1, 0.15) is 23.3 Å². The molecule has 1 aromatic carbocycles. The summed E-state index contributed by atoms with van der Waals surface area (Å²) in [7, 11) is 4.65. The molecule has 3 heterocycles. The maximum atomic E-state index is 12.9. The number of ether oxygens (including phenoxy) is 3. The number of benzene rings is 1. The monoisotopic (exact) mass is 443 g/mol. The van der Waals surface area contributed by atoms with Crippen LogP contribution in [0.5, 0.6) is 17.2 Å². The summed E-state index contributed by atoms with van der Waals surface area (Å²) in [6.07, 6.45) is 1.58. The van der Waals surface area contributed by atoms with Gasteiger partial charge in [0.2, 0.25) is 11.7 Å². The number of hydrogen-bond acceptors (Lipinski definition) is 7. The highest BCUT2D eigenvalue weighted by atomic mass is 16.5. The zero-order chi connectivity index (χ0) is 22.8. The van der Waals surface area contributed by atoms with Gasteiger partial charge in [-0.15, -0.1) is 0 Å². The molecule has 4 rings (SSSR count). The van der Waals surface area contributed by atoms with Gasteiger partial charge in [0, 0.05) is 30.6 Å². The third-order valence-electron chi connectivity index (χ3n) is 6.37. The number of rotatable bonds is 7. The summed E-state index contributed by atoms with van der Waals surface area (Å²) in [5.74, 6) is 1.21. The predicted octanol–water partition coefficient (Wildman–Crippen LogP) is 1.12. The van der Waals surface area contributed by atoms with Gasteiger partial charge in [0.15, 0.2) is 11.5 Å². The van der Waals surface area contributed by atoms with Crippen LogP contribution in [-0.4, -0.2) is 85.4 Å². The Hall–Kier alpha value is -3.27. The molecule has 0 radical (unpaired) electrons. The standard InChI is InChI=1S/C22H29N5O5/c1-30-18-8-14(9-19(31-2)20(18)32-3)16-10-17(25-24-16)22(29)27-11-15(12-27)26-6-4-13(5-7-26)21(23)28/h8-10,13,15H,4-7,11-12H2,1-3H3,(H2,23,28)(H,24,25). The Bertz CT molecular complexity index is 967. The topological polar surface area (TPSA) is 123 Å². The fraction of sp³-hybridized carbons (Fsp3) is 0.500. The van der Waals surface area contributed by atoms with Gasteiger partial charge in [-0.05, 0) is 44.1 Å². The van der Waals surface area contributed by atoms with E-state index in [1.807, 2.05) is 0 Å².